The van der Waals surface area contributed by atoms with Gasteiger partial charge in [0.1, 0.15) is 11.5 Å². The molecule has 1 aliphatic carbocycles. The van der Waals surface area contributed by atoms with Crippen molar-refractivity contribution in [2.24, 2.45) is 5.73 Å². The van der Waals surface area contributed by atoms with Gasteiger partial charge in [-0.3, -0.25) is 14.3 Å². The van der Waals surface area contributed by atoms with Crippen molar-refractivity contribution in [3.63, 3.8) is 0 Å². The van der Waals surface area contributed by atoms with Crippen LogP contribution in [-0.2, 0) is 24.3 Å². The minimum absolute atomic E-state index is 0.0540. The molecule has 5 rings (SSSR count). The van der Waals surface area contributed by atoms with Crippen molar-refractivity contribution in [3.8, 4) is 11.3 Å². The maximum absolute atomic E-state index is 13.7. The van der Waals surface area contributed by atoms with E-state index in [-0.39, 0.29) is 35.0 Å². The number of hydrogen-bond donors (Lipinski definition) is 1. The standard InChI is InChI=1S/C25H21ClFN5O2/c1-14-9-15(3-6-19(14)29-2)10-21(33)31-12-20-22(24(28)34)23(16-4-5-18(27)17(26)11-16)30-32(20)13-25(31)7-8-25/h3-6,9,11H,7-8,10,12-13H2,1H3,(H2,28,34). The van der Waals surface area contributed by atoms with Gasteiger partial charge in [-0.05, 0) is 49.1 Å². The zero-order chi connectivity index (χ0) is 24.2. The maximum Gasteiger partial charge on any atom is 0.252 e. The Hall–Kier alpha value is -3.70. The van der Waals surface area contributed by atoms with Crippen molar-refractivity contribution >= 4 is 29.1 Å². The summed E-state index contributed by atoms with van der Waals surface area (Å²) in [7, 11) is 0. The molecule has 172 valence electrons. The minimum atomic E-state index is -0.666. The second-order valence-electron chi connectivity index (χ2n) is 8.93. The second kappa shape index (κ2) is 7.96. The highest BCUT2D eigenvalue weighted by atomic mass is 35.5. The van der Waals surface area contributed by atoms with Gasteiger partial charge in [-0.25, -0.2) is 9.24 Å². The van der Waals surface area contributed by atoms with E-state index in [0.717, 1.165) is 24.0 Å². The smallest absolute Gasteiger partial charge is 0.252 e. The monoisotopic (exact) mass is 477 g/mol. The zero-order valence-electron chi connectivity index (χ0n) is 18.4. The third-order valence-corrected chi connectivity index (χ3v) is 6.98. The maximum atomic E-state index is 13.7. The predicted molar refractivity (Wildman–Crippen MR) is 125 cm³/mol. The first-order valence-electron chi connectivity index (χ1n) is 10.8. The molecule has 0 saturated heterocycles. The van der Waals surface area contributed by atoms with Gasteiger partial charge >= 0.3 is 0 Å². The Bertz CT molecular complexity index is 1400. The third-order valence-electron chi connectivity index (χ3n) is 6.69. The quantitative estimate of drug-likeness (QED) is 0.564. The lowest BCUT2D eigenvalue weighted by atomic mass is 10.0. The number of rotatable bonds is 4. The van der Waals surface area contributed by atoms with Crippen LogP contribution in [0.5, 0.6) is 0 Å². The van der Waals surface area contributed by atoms with E-state index in [1.807, 2.05) is 17.9 Å². The summed E-state index contributed by atoms with van der Waals surface area (Å²) in [6.45, 7) is 9.72. The molecule has 2 heterocycles. The van der Waals surface area contributed by atoms with Crippen LogP contribution in [0.15, 0.2) is 36.4 Å². The van der Waals surface area contributed by atoms with Crippen LogP contribution >= 0.6 is 11.6 Å². The zero-order valence-corrected chi connectivity index (χ0v) is 19.2. The van der Waals surface area contributed by atoms with Gasteiger partial charge in [0.05, 0.1) is 47.9 Å². The van der Waals surface area contributed by atoms with Gasteiger partial charge in [-0.2, -0.15) is 5.10 Å². The molecule has 1 fully saturated rings. The lowest BCUT2D eigenvalue weighted by molar-refractivity contribution is -0.136. The molecule has 1 spiro atoms. The summed E-state index contributed by atoms with van der Waals surface area (Å²) in [6, 6.07) is 9.55. The Balaban J connectivity index is 1.50. The molecule has 1 aromatic heterocycles. The first-order valence-corrected chi connectivity index (χ1v) is 11.2. The Morgan fingerprint density at radius 3 is 2.65 bits per heavy atom. The van der Waals surface area contributed by atoms with E-state index in [1.165, 1.54) is 18.2 Å². The fraction of sp³-hybridized carbons (Fsp3) is 0.280. The number of halogens is 2. The van der Waals surface area contributed by atoms with E-state index >= 15 is 0 Å². The lowest BCUT2D eigenvalue weighted by Crippen LogP contribution is -2.49. The number of carbonyl (C=O) groups is 2. The van der Waals surface area contributed by atoms with E-state index in [2.05, 4.69) is 9.94 Å². The first-order chi connectivity index (χ1) is 16.2. The molecule has 1 aliphatic heterocycles. The van der Waals surface area contributed by atoms with Crippen molar-refractivity contribution in [1.29, 1.82) is 0 Å². The van der Waals surface area contributed by atoms with Crippen molar-refractivity contribution in [3.05, 3.63) is 81.0 Å². The average molecular weight is 478 g/mol. The Morgan fingerprint density at radius 2 is 2.03 bits per heavy atom. The molecule has 2 aliphatic rings. The van der Waals surface area contributed by atoms with E-state index in [1.54, 1.807) is 16.8 Å². The average Bonchev–Trinajstić information content (AvgIpc) is 3.44. The molecule has 3 aromatic rings. The van der Waals surface area contributed by atoms with Gasteiger partial charge in [0.15, 0.2) is 5.69 Å². The molecule has 2 amide bonds. The fourth-order valence-electron chi connectivity index (χ4n) is 4.72. The van der Waals surface area contributed by atoms with Crippen molar-refractivity contribution in [2.75, 3.05) is 0 Å². The Kier molecular flexibility index (Phi) is 5.18. The Labute approximate surface area is 200 Å². The molecule has 9 heteroatoms. The summed E-state index contributed by atoms with van der Waals surface area (Å²) in [5, 5.41) is 4.55. The van der Waals surface area contributed by atoms with Crippen LogP contribution in [0.25, 0.3) is 16.1 Å². The number of aromatic nitrogens is 2. The number of amides is 2. The van der Waals surface area contributed by atoms with Gasteiger partial charge < -0.3 is 10.6 Å². The summed E-state index contributed by atoms with van der Waals surface area (Å²) in [6.07, 6.45) is 1.88. The number of primary amides is 1. The van der Waals surface area contributed by atoms with Crippen molar-refractivity contribution in [1.82, 2.24) is 14.7 Å². The highest BCUT2D eigenvalue weighted by molar-refractivity contribution is 6.31. The SMILES string of the molecule is [C-]#[N+]c1ccc(CC(=O)N2Cc3c(C(N)=O)c(-c4ccc(F)c(Cl)c4)nn3CC23CC3)cc1C. The summed E-state index contributed by atoms with van der Waals surface area (Å²) in [5.74, 6) is -1.29. The van der Waals surface area contributed by atoms with Gasteiger partial charge in [0.2, 0.25) is 5.91 Å². The van der Waals surface area contributed by atoms with E-state index in [4.69, 9.17) is 23.9 Å². The molecule has 34 heavy (non-hydrogen) atoms. The minimum Gasteiger partial charge on any atom is -0.365 e. The number of nitrogens with zero attached hydrogens (tertiary/aromatic N) is 4. The molecule has 0 bridgehead atoms. The van der Waals surface area contributed by atoms with Crippen LogP contribution < -0.4 is 5.73 Å². The first kappa shape index (κ1) is 22.1. The molecular formula is C25H21ClFN5O2. The van der Waals surface area contributed by atoms with E-state index in [0.29, 0.717) is 29.2 Å². The second-order valence-corrected chi connectivity index (χ2v) is 9.34. The van der Waals surface area contributed by atoms with E-state index in [9.17, 15) is 14.0 Å². The fourth-order valence-corrected chi connectivity index (χ4v) is 4.90. The third kappa shape index (κ3) is 3.62. The van der Waals surface area contributed by atoms with Crippen LogP contribution in [0.3, 0.4) is 0 Å². The van der Waals surface area contributed by atoms with Crippen LogP contribution in [0.1, 0.15) is 40.0 Å². The molecule has 0 atom stereocenters. The topological polar surface area (TPSA) is 85.6 Å². The van der Waals surface area contributed by atoms with Crippen molar-refractivity contribution < 1.29 is 14.0 Å². The molecule has 1 saturated carbocycles. The molecule has 2 N–H and O–H groups in total. The normalized spacial score (nSPS) is 15.6. The van der Waals surface area contributed by atoms with Crippen LogP contribution in [0.4, 0.5) is 10.1 Å². The highest BCUT2D eigenvalue weighted by Gasteiger charge is 2.53. The largest absolute Gasteiger partial charge is 0.365 e. The van der Waals surface area contributed by atoms with Crippen LogP contribution in [-0.4, -0.2) is 32.0 Å². The van der Waals surface area contributed by atoms with Crippen LogP contribution in [0, 0.1) is 19.3 Å². The van der Waals surface area contributed by atoms with Gasteiger partial charge in [0, 0.05) is 5.56 Å². The number of aryl methyl sites for hydroxylation is 1. The highest BCUT2D eigenvalue weighted by Crippen LogP contribution is 2.48. The van der Waals surface area contributed by atoms with E-state index < -0.39 is 11.7 Å². The summed E-state index contributed by atoms with van der Waals surface area (Å²) in [4.78, 5) is 31.2. The lowest BCUT2D eigenvalue weighted by Gasteiger charge is -2.37. The number of hydrogen-bond acceptors (Lipinski definition) is 3. The number of nitrogens with two attached hydrogens (primary N) is 1. The van der Waals surface area contributed by atoms with Gasteiger partial charge in [0.25, 0.3) is 5.91 Å². The van der Waals surface area contributed by atoms with Crippen molar-refractivity contribution in [2.45, 2.75) is 44.8 Å². The molecule has 2 aromatic carbocycles. The van der Waals surface area contributed by atoms with Crippen LogP contribution in [0.2, 0.25) is 5.02 Å². The number of carbonyl (C=O) groups excluding carboxylic acids is 2. The molecular weight excluding hydrogens is 457 g/mol. The molecule has 7 nitrogen and oxygen atoms in total. The predicted octanol–water partition coefficient (Wildman–Crippen LogP) is 4.42. The number of benzene rings is 2. The molecule has 0 unspecified atom stereocenters. The summed E-state index contributed by atoms with van der Waals surface area (Å²) < 4.78 is 15.4. The van der Waals surface area contributed by atoms with Gasteiger partial charge in [-0.15, -0.1) is 0 Å². The Morgan fingerprint density at radius 1 is 1.26 bits per heavy atom. The number of fused-ring (bicyclic) bond motifs is 1. The summed E-state index contributed by atoms with van der Waals surface area (Å²) >= 11 is 5.95. The van der Waals surface area contributed by atoms with Gasteiger partial charge in [-0.1, -0.05) is 29.8 Å². The summed E-state index contributed by atoms with van der Waals surface area (Å²) in [5.41, 5.74) is 9.22. The molecule has 0 radical (unpaired) electrons.